The molecule has 0 bridgehead atoms. The Hall–Kier alpha value is -1.15. The second kappa shape index (κ2) is 8.33. The largest absolute Gasteiger partial charge is 0.511 e. The van der Waals surface area contributed by atoms with Crippen LogP contribution in [0.15, 0.2) is 59.3 Å². The molecule has 2 heteroatoms. The molecule has 0 spiro atoms. The van der Waals surface area contributed by atoms with E-state index in [4.69, 9.17) is 0 Å². The van der Waals surface area contributed by atoms with Crippen molar-refractivity contribution in [2.75, 3.05) is 0 Å². The SMILES string of the molecule is C=C(/C=C\S)/C=C\C(=C(\O)C1C=CCCC1)C1CCCC1. The number of rotatable bonds is 5. The van der Waals surface area contributed by atoms with Gasteiger partial charge in [-0.1, -0.05) is 43.7 Å². The number of allylic oxidation sites excluding steroid dienone is 7. The lowest BCUT2D eigenvalue weighted by Crippen LogP contribution is -2.10. The van der Waals surface area contributed by atoms with Gasteiger partial charge in [-0.05, 0) is 60.7 Å². The summed E-state index contributed by atoms with van der Waals surface area (Å²) in [5.41, 5.74) is 2.03. The molecule has 2 aliphatic rings. The third-order valence-electron chi connectivity index (χ3n) is 4.46. The average molecular weight is 302 g/mol. The topological polar surface area (TPSA) is 20.2 Å². The molecule has 0 saturated heterocycles. The van der Waals surface area contributed by atoms with Crippen molar-refractivity contribution in [3.05, 3.63) is 59.3 Å². The van der Waals surface area contributed by atoms with Gasteiger partial charge in [0.2, 0.25) is 0 Å². The summed E-state index contributed by atoms with van der Waals surface area (Å²) in [6, 6.07) is 0. The van der Waals surface area contributed by atoms with Crippen LogP contribution in [0.3, 0.4) is 0 Å². The number of aliphatic hydroxyl groups excluding tert-OH is 1. The summed E-state index contributed by atoms with van der Waals surface area (Å²) in [5.74, 6) is 1.29. The number of hydrogen-bond acceptors (Lipinski definition) is 2. The fourth-order valence-electron chi connectivity index (χ4n) is 3.27. The van der Waals surface area contributed by atoms with Crippen LogP contribution in [0.25, 0.3) is 0 Å². The second-order valence-electron chi connectivity index (χ2n) is 6.01. The van der Waals surface area contributed by atoms with E-state index in [1.807, 2.05) is 12.2 Å². The number of thiol groups is 1. The van der Waals surface area contributed by atoms with Gasteiger partial charge in [0.05, 0.1) is 0 Å². The van der Waals surface area contributed by atoms with Gasteiger partial charge in [0.25, 0.3) is 0 Å². The summed E-state index contributed by atoms with van der Waals surface area (Å²) in [6.07, 6.45) is 18.6. The van der Waals surface area contributed by atoms with Crippen molar-refractivity contribution in [2.45, 2.75) is 44.9 Å². The van der Waals surface area contributed by atoms with E-state index in [1.54, 1.807) is 5.41 Å². The summed E-state index contributed by atoms with van der Waals surface area (Å²) in [4.78, 5) is 0. The number of hydrogen-bond donors (Lipinski definition) is 2. The third kappa shape index (κ3) is 4.67. The Bertz CT molecular complexity index is 476. The van der Waals surface area contributed by atoms with E-state index < -0.39 is 0 Å². The van der Waals surface area contributed by atoms with Crippen LogP contribution in [0.5, 0.6) is 0 Å². The Kier molecular flexibility index (Phi) is 6.44. The van der Waals surface area contributed by atoms with E-state index in [1.165, 1.54) is 32.1 Å². The molecule has 2 rings (SSSR count). The highest BCUT2D eigenvalue weighted by Crippen LogP contribution is 2.36. The normalized spacial score (nSPS) is 24.9. The van der Waals surface area contributed by atoms with Crippen molar-refractivity contribution in [1.82, 2.24) is 0 Å². The molecular weight excluding hydrogens is 276 g/mol. The van der Waals surface area contributed by atoms with Crippen LogP contribution < -0.4 is 0 Å². The molecule has 1 saturated carbocycles. The summed E-state index contributed by atoms with van der Waals surface area (Å²) in [5, 5.41) is 12.4. The van der Waals surface area contributed by atoms with Gasteiger partial charge in [-0.25, -0.2) is 0 Å². The van der Waals surface area contributed by atoms with Crippen LogP contribution in [-0.2, 0) is 0 Å². The average Bonchev–Trinajstić information content (AvgIpc) is 3.02. The number of aliphatic hydroxyl groups is 1. The quantitative estimate of drug-likeness (QED) is 0.280. The van der Waals surface area contributed by atoms with Crippen LogP contribution >= 0.6 is 12.6 Å². The Morgan fingerprint density at radius 3 is 2.48 bits per heavy atom. The fraction of sp³-hybridized carbons (Fsp3) is 0.474. The van der Waals surface area contributed by atoms with E-state index in [-0.39, 0.29) is 5.92 Å². The monoisotopic (exact) mass is 302 g/mol. The molecule has 114 valence electrons. The molecule has 0 aliphatic heterocycles. The molecule has 0 radical (unpaired) electrons. The molecule has 1 unspecified atom stereocenters. The van der Waals surface area contributed by atoms with E-state index in [0.29, 0.717) is 11.7 Å². The van der Waals surface area contributed by atoms with Crippen molar-refractivity contribution >= 4 is 12.6 Å². The zero-order valence-corrected chi connectivity index (χ0v) is 13.6. The lowest BCUT2D eigenvalue weighted by molar-refractivity contribution is 0.328. The molecule has 21 heavy (non-hydrogen) atoms. The van der Waals surface area contributed by atoms with Crippen LogP contribution in [0.2, 0.25) is 0 Å². The van der Waals surface area contributed by atoms with Crippen LogP contribution in [-0.4, -0.2) is 5.11 Å². The third-order valence-corrected chi connectivity index (χ3v) is 4.61. The van der Waals surface area contributed by atoms with Crippen LogP contribution in [0.1, 0.15) is 44.9 Å². The zero-order valence-electron chi connectivity index (χ0n) is 12.7. The smallest absolute Gasteiger partial charge is 0.103 e. The van der Waals surface area contributed by atoms with Gasteiger partial charge in [-0.3, -0.25) is 0 Å². The Morgan fingerprint density at radius 2 is 1.86 bits per heavy atom. The van der Waals surface area contributed by atoms with E-state index in [0.717, 1.165) is 24.0 Å². The van der Waals surface area contributed by atoms with Crippen molar-refractivity contribution < 1.29 is 5.11 Å². The molecule has 2 aliphatic carbocycles. The highest BCUT2D eigenvalue weighted by molar-refractivity contribution is 7.83. The molecule has 1 fully saturated rings. The fourth-order valence-corrected chi connectivity index (χ4v) is 3.46. The minimum absolute atomic E-state index is 0.202. The first-order chi connectivity index (χ1) is 10.2. The maximum Gasteiger partial charge on any atom is 0.103 e. The summed E-state index contributed by atoms with van der Waals surface area (Å²) in [7, 11) is 0. The molecule has 1 nitrogen and oxygen atoms in total. The first-order valence-electron chi connectivity index (χ1n) is 8.00. The second-order valence-corrected chi connectivity index (χ2v) is 6.31. The lowest BCUT2D eigenvalue weighted by atomic mass is 9.87. The molecule has 0 aromatic heterocycles. The van der Waals surface area contributed by atoms with Crippen LogP contribution in [0.4, 0.5) is 0 Å². The molecule has 1 atom stereocenters. The van der Waals surface area contributed by atoms with E-state index in [2.05, 4.69) is 37.4 Å². The molecule has 0 heterocycles. The lowest BCUT2D eigenvalue weighted by Gasteiger charge is -2.21. The maximum atomic E-state index is 10.8. The predicted molar refractivity (Wildman–Crippen MR) is 94.5 cm³/mol. The van der Waals surface area contributed by atoms with Crippen molar-refractivity contribution in [3.8, 4) is 0 Å². The molecule has 1 N–H and O–H groups in total. The summed E-state index contributed by atoms with van der Waals surface area (Å²) >= 11 is 4.07. The highest BCUT2D eigenvalue weighted by Gasteiger charge is 2.24. The standard InChI is InChI=1S/C19H26OS/c1-15(13-14-21)11-12-18(16-7-5-6-8-16)19(20)17-9-3-2-4-10-17/h3,9,11-14,16-17,20-21H,1-2,4-8,10H2/b12-11-,14-13-,19-18-. The van der Waals surface area contributed by atoms with Crippen molar-refractivity contribution in [3.63, 3.8) is 0 Å². The van der Waals surface area contributed by atoms with Crippen LogP contribution in [0, 0.1) is 11.8 Å². The van der Waals surface area contributed by atoms with E-state index in [9.17, 15) is 5.11 Å². The molecule has 0 aromatic carbocycles. The Balaban J connectivity index is 2.23. The zero-order chi connectivity index (χ0) is 15.1. The van der Waals surface area contributed by atoms with Crippen molar-refractivity contribution in [1.29, 1.82) is 0 Å². The first kappa shape index (κ1) is 16.2. The molecular formula is C19H26OS. The Morgan fingerprint density at radius 1 is 1.10 bits per heavy atom. The van der Waals surface area contributed by atoms with E-state index >= 15 is 0 Å². The van der Waals surface area contributed by atoms with Gasteiger partial charge in [0.1, 0.15) is 5.76 Å². The summed E-state index contributed by atoms with van der Waals surface area (Å²) < 4.78 is 0. The predicted octanol–water partition coefficient (Wildman–Crippen LogP) is 5.90. The minimum atomic E-state index is 0.202. The van der Waals surface area contributed by atoms with Gasteiger partial charge in [-0.2, -0.15) is 12.6 Å². The van der Waals surface area contributed by atoms with Gasteiger partial charge in [0.15, 0.2) is 0 Å². The van der Waals surface area contributed by atoms with Gasteiger partial charge < -0.3 is 5.11 Å². The molecule has 0 amide bonds. The minimum Gasteiger partial charge on any atom is -0.511 e. The van der Waals surface area contributed by atoms with Crippen molar-refractivity contribution in [2.24, 2.45) is 11.8 Å². The van der Waals surface area contributed by atoms with Gasteiger partial charge in [-0.15, -0.1) is 0 Å². The summed E-state index contributed by atoms with van der Waals surface area (Å²) in [6.45, 7) is 3.97. The Labute approximate surface area is 134 Å². The highest BCUT2D eigenvalue weighted by atomic mass is 32.1. The first-order valence-corrected chi connectivity index (χ1v) is 8.51. The van der Waals surface area contributed by atoms with Gasteiger partial charge >= 0.3 is 0 Å². The maximum absolute atomic E-state index is 10.8. The molecule has 0 aromatic rings. The van der Waals surface area contributed by atoms with Gasteiger partial charge in [0, 0.05) is 5.92 Å².